The second-order valence-electron chi connectivity index (χ2n) is 7.06. The van der Waals surface area contributed by atoms with Gasteiger partial charge in [0.05, 0.1) is 0 Å². The zero-order valence-corrected chi connectivity index (χ0v) is 20.7. The molecule has 0 radical (unpaired) electrons. The standard InChI is InChI=1S/C22H28ClN3OS.2ClH.H2O/c23-20-9-7-19(8-10-20)11-13-26-16-14-25(15-17-26)12-4-18-28-22(27)24-21-5-2-1-3-6-21;;;/h1-3,5-10H,4,11-18H2,(H,24,27);2*1H;1H2/p+1. The Kier molecular flexibility index (Phi) is 16.1. The molecule has 1 fully saturated rings. The van der Waals surface area contributed by atoms with Crippen LogP contribution in [0.5, 0.6) is 0 Å². The second-order valence-corrected chi connectivity index (χ2v) is 8.58. The molecule has 0 aliphatic carbocycles. The summed E-state index contributed by atoms with van der Waals surface area (Å²) in [5, 5.41) is 11.1. The Morgan fingerprint density at radius 2 is 1.48 bits per heavy atom. The highest BCUT2D eigenvalue weighted by Gasteiger charge is 2.16. The van der Waals surface area contributed by atoms with Crippen molar-refractivity contribution in [3.05, 3.63) is 65.2 Å². The third kappa shape index (κ3) is 11.4. The van der Waals surface area contributed by atoms with Crippen LogP contribution < -0.4 is 4.99 Å². The zero-order valence-electron chi connectivity index (χ0n) is 17.5. The summed E-state index contributed by atoms with van der Waals surface area (Å²) in [6.07, 6.45) is 2.16. The van der Waals surface area contributed by atoms with Gasteiger partial charge in [-0.15, -0.1) is 24.8 Å². The summed E-state index contributed by atoms with van der Waals surface area (Å²) in [6.45, 7) is 6.73. The topological polar surface area (TPSA) is 72.2 Å². The number of aliphatic hydroxyl groups excluding tert-OH is 1. The Bertz CT molecular complexity index is 743. The third-order valence-electron chi connectivity index (χ3n) is 4.98. The molecule has 4 N–H and O–H groups in total. The lowest BCUT2D eigenvalue weighted by atomic mass is 10.1. The minimum absolute atomic E-state index is 0. The van der Waals surface area contributed by atoms with Crippen LogP contribution in [0.25, 0.3) is 0 Å². The van der Waals surface area contributed by atoms with Gasteiger partial charge in [0, 0.05) is 55.6 Å². The quantitative estimate of drug-likeness (QED) is 0.326. The summed E-state index contributed by atoms with van der Waals surface area (Å²) >= 11 is 7.43. The van der Waals surface area contributed by atoms with Crippen LogP contribution >= 0.6 is 48.2 Å². The predicted octanol–water partition coefficient (Wildman–Crippen LogP) is 2.97. The average molecular weight is 510 g/mol. The van der Waals surface area contributed by atoms with Gasteiger partial charge in [-0.05, 0) is 48.8 Å². The number of hydrogen-bond acceptors (Lipinski definition) is 3. The van der Waals surface area contributed by atoms with Crippen molar-refractivity contribution in [2.45, 2.75) is 12.8 Å². The van der Waals surface area contributed by atoms with Crippen LogP contribution in [0.1, 0.15) is 12.0 Å². The van der Waals surface area contributed by atoms with Gasteiger partial charge in [0.1, 0.15) is 0 Å². The fourth-order valence-corrected chi connectivity index (χ4v) is 4.10. The fourth-order valence-electron chi connectivity index (χ4n) is 3.31. The van der Waals surface area contributed by atoms with Gasteiger partial charge in [0.25, 0.3) is 0 Å². The van der Waals surface area contributed by atoms with Gasteiger partial charge >= 0.3 is 5.23 Å². The number of aliphatic hydroxyl groups is 1. The molecule has 0 unspecified atom stereocenters. The summed E-state index contributed by atoms with van der Waals surface area (Å²) in [6, 6.07) is 17.9. The van der Waals surface area contributed by atoms with E-state index < -0.39 is 0 Å². The van der Waals surface area contributed by atoms with Crippen LogP contribution in [0.3, 0.4) is 0 Å². The Labute approximate surface area is 207 Å². The van der Waals surface area contributed by atoms with Gasteiger partial charge in [0.2, 0.25) is 5.69 Å². The first-order valence-corrected chi connectivity index (χ1v) is 11.3. The van der Waals surface area contributed by atoms with E-state index in [-0.39, 0.29) is 35.5 Å². The van der Waals surface area contributed by atoms with Crippen molar-refractivity contribution in [2.75, 3.05) is 45.0 Å². The highest BCUT2D eigenvalue weighted by molar-refractivity contribution is 8.13. The van der Waals surface area contributed by atoms with Crippen molar-refractivity contribution in [1.82, 2.24) is 9.80 Å². The molecule has 0 spiro atoms. The van der Waals surface area contributed by atoms with Crippen molar-refractivity contribution in [2.24, 2.45) is 0 Å². The van der Waals surface area contributed by atoms with Crippen LogP contribution in [-0.2, 0) is 6.42 Å². The normalized spacial score (nSPS) is 14.8. The Morgan fingerprint density at radius 3 is 2.10 bits per heavy atom. The van der Waals surface area contributed by atoms with E-state index in [2.05, 4.69) is 26.9 Å². The van der Waals surface area contributed by atoms with E-state index in [9.17, 15) is 5.11 Å². The number of hydrogen-bond donors (Lipinski definition) is 2. The molecule has 0 aromatic heterocycles. The third-order valence-corrected chi connectivity index (χ3v) is 6.10. The maximum atomic E-state index is 9.98. The van der Waals surface area contributed by atoms with E-state index >= 15 is 0 Å². The van der Waals surface area contributed by atoms with Crippen molar-refractivity contribution in [3.8, 4) is 0 Å². The van der Waals surface area contributed by atoms with Gasteiger partial charge in [-0.1, -0.05) is 41.9 Å². The molecule has 0 bridgehead atoms. The maximum Gasteiger partial charge on any atom is 0.402 e. The van der Waals surface area contributed by atoms with Gasteiger partial charge in [0.15, 0.2) is 0 Å². The molecule has 9 heteroatoms. The van der Waals surface area contributed by atoms with E-state index in [4.69, 9.17) is 11.6 Å². The Hall–Kier alpha value is -0.990. The molecule has 1 heterocycles. The molecule has 174 valence electrons. The summed E-state index contributed by atoms with van der Waals surface area (Å²) in [5.41, 5.74) is 2.27. The van der Waals surface area contributed by atoms with E-state index in [1.165, 1.54) is 17.3 Å². The lowest BCUT2D eigenvalue weighted by Crippen LogP contribution is -2.65. The molecule has 2 aromatic carbocycles. The Balaban J connectivity index is 0.00000300. The lowest BCUT2D eigenvalue weighted by molar-refractivity contribution is -0.360. The lowest BCUT2D eigenvalue weighted by Gasteiger charge is -2.34. The van der Waals surface area contributed by atoms with E-state index in [1.54, 1.807) is 0 Å². The number of nitrogens with one attached hydrogen (secondary N) is 1. The van der Waals surface area contributed by atoms with Gasteiger partial charge in [-0.2, -0.15) is 4.99 Å². The Morgan fingerprint density at radius 1 is 0.903 bits per heavy atom. The summed E-state index contributed by atoms with van der Waals surface area (Å²) < 4.78 is 0. The van der Waals surface area contributed by atoms with Crippen LogP contribution in [0, 0.1) is 0 Å². The number of piperazine rings is 1. The van der Waals surface area contributed by atoms with E-state index in [0.29, 0.717) is 0 Å². The minimum Gasteiger partial charge on any atom is -0.455 e. The number of thioether (sulfide) groups is 1. The van der Waals surface area contributed by atoms with E-state index in [0.717, 1.165) is 68.6 Å². The molecular formula is C22H33Cl3N3O2S+. The number of rotatable bonds is 8. The van der Waals surface area contributed by atoms with Gasteiger partial charge in [-0.25, -0.2) is 0 Å². The molecule has 1 aliphatic rings. The SMILES string of the molecule is Cl.Cl.O.OC(=[NH+]c1ccccc1)SCCCN1CCN(CCc2ccc(Cl)cc2)CC1. The van der Waals surface area contributed by atoms with Crippen molar-refractivity contribution >= 4 is 59.1 Å². The molecule has 31 heavy (non-hydrogen) atoms. The highest BCUT2D eigenvalue weighted by Crippen LogP contribution is 2.11. The molecule has 1 aliphatic heterocycles. The maximum absolute atomic E-state index is 9.98. The largest absolute Gasteiger partial charge is 0.455 e. The van der Waals surface area contributed by atoms with Crippen LogP contribution in [0.4, 0.5) is 5.69 Å². The monoisotopic (exact) mass is 508 g/mol. The predicted molar refractivity (Wildman–Crippen MR) is 138 cm³/mol. The smallest absolute Gasteiger partial charge is 0.402 e. The number of para-hydroxylation sites is 1. The summed E-state index contributed by atoms with van der Waals surface area (Å²) in [4.78, 5) is 8.10. The van der Waals surface area contributed by atoms with Crippen molar-refractivity contribution < 1.29 is 15.6 Å². The first-order chi connectivity index (χ1) is 13.7. The first kappa shape index (κ1) is 30.0. The molecule has 1 saturated heterocycles. The second kappa shape index (κ2) is 16.6. The van der Waals surface area contributed by atoms with Crippen LogP contribution in [0.2, 0.25) is 5.02 Å². The first-order valence-electron chi connectivity index (χ1n) is 9.89. The highest BCUT2D eigenvalue weighted by atomic mass is 35.5. The number of halogens is 3. The van der Waals surface area contributed by atoms with Crippen molar-refractivity contribution in [3.63, 3.8) is 0 Å². The van der Waals surface area contributed by atoms with Crippen LogP contribution in [-0.4, -0.2) is 70.6 Å². The fraction of sp³-hybridized carbons (Fsp3) is 0.409. The minimum atomic E-state index is 0. The van der Waals surface area contributed by atoms with E-state index in [1.807, 2.05) is 42.5 Å². The van der Waals surface area contributed by atoms with Crippen molar-refractivity contribution in [1.29, 1.82) is 0 Å². The van der Waals surface area contributed by atoms with Gasteiger partial charge < -0.3 is 20.4 Å². The molecular weight excluding hydrogens is 477 g/mol. The zero-order chi connectivity index (χ0) is 19.6. The van der Waals surface area contributed by atoms with Crippen LogP contribution in [0.15, 0.2) is 54.6 Å². The number of nitrogens with zero attached hydrogens (tertiary/aromatic N) is 2. The molecule has 5 nitrogen and oxygen atoms in total. The molecule has 0 amide bonds. The summed E-state index contributed by atoms with van der Waals surface area (Å²) in [7, 11) is 0. The average Bonchev–Trinajstić information content (AvgIpc) is 2.72. The molecule has 2 aromatic rings. The number of benzene rings is 2. The molecule has 0 atom stereocenters. The molecule has 0 saturated carbocycles. The van der Waals surface area contributed by atoms with Gasteiger partial charge in [-0.3, -0.25) is 0 Å². The molecule has 3 rings (SSSR count). The summed E-state index contributed by atoms with van der Waals surface area (Å²) in [5.74, 6) is 0.919.